The van der Waals surface area contributed by atoms with E-state index in [-0.39, 0.29) is 38.8 Å². The van der Waals surface area contributed by atoms with Gasteiger partial charge in [0.15, 0.2) is 15.6 Å². The maximum absolute atomic E-state index is 14.1. The highest BCUT2D eigenvalue weighted by Crippen LogP contribution is 2.37. The van der Waals surface area contributed by atoms with Crippen molar-refractivity contribution in [2.75, 3.05) is 25.3 Å². The highest BCUT2D eigenvalue weighted by atomic mass is 35.5. The van der Waals surface area contributed by atoms with Crippen molar-refractivity contribution >= 4 is 43.8 Å². The van der Waals surface area contributed by atoms with E-state index in [0.717, 1.165) is 12.1 Å². The second-order valence-corrected chi connectivity index (χ2v) is 11.3. The molecule has 8 nitrogen and oxygen atoms in total. The largest absolute Gasteiger partial charge is 0.573 e. The summed E-state index contributed by atoms with van der Waals surface area (Å²) in [7, 11) is -0.879. The molecular weight excluding hydrogens is 573 g/mol. The summed E-state index contributed by atoms with van der Waals surface area (Å²) >= 11 is 6.14. The first-order chi connectivity index (χ1) is 18.8. The number of aromatic amines is 1. The lowest BCUT2D eigenvalue weighted by molar-refractivity contribution is -0.274. The minimum atomic E-state index is -4.92. The van der Waals surface area contributed by atoms with Crippen LogP contribution in [0.3, 0.4) is 0 Å². The molecule has 0 spiro atoms. The van der Waals surface area contributed by atoms with Crippen LogP contribution in [0.4, 0.5) is 18.9 Å². The zero-order chi connectivity index (χ0) is 29.2. The van der Waals surface area contributed by atoms with Crippen molar-refractivity contribution in [3.63, 3.8) is 0 Å². The van der Waals surface area contributed by atoms with Crippen LogP contribution in [0.5, 0.6) is 17.2 Å². The SMILES string of the molecule is CCS(=O)(=O)c1cc(NC(C(=O)c2c[nH]c3ccc(OC(F)(F)F)cc23)c2ccc(Cl)cc2OC)cc(OC)c1. The highest BCUT2D eigenvalue weighted by Gasteiger charge is 2.32. The number of methoxy groups -OCH3 is 2. The number of benzene rings is 3. The Bertz CT molecular complexity index is 1670. The summed E-state index contributed by atoms with van der Waals surface area (Å²) in [4.78, 5) is 16.9. The molecule has 0 bridgehead atoms. The second-order valence-electron chi connectivity index (χ2n) is 8.59. The third-order valence-corrected chi connectivity index (χ3v) is 8.04. The van der Waals surface area contributed by atoms with Crippen LogP contribution in [-0.4, -0.2) is 45.5 Å². The molecule has 13 heteroatoms. The van der Waals surface area contributed by atoms with Gasteiger partial charge in [-0.2, -0.15) is 0 Å². The third kappa shape index (κ3) is 6.28. The third-order valence-electron chi connectivity index (χ3n) is 6.09. The number of alkyl halides is 3. The Morgan fingerprint density at radius 1 is 1.02 bits per heavy atom. The van der Waals surface area contributed by atoms with Gasteiger partial charge in [-0.1, -0.05) is 24.6 Å². The Kier molecular flexibility index (Phi) is 8.22. The van der Waals surface area contributed by atoms with E-state index in [0.29, 0.717) is 16.1 Å². The molecule has 0 aliphatic heterocycles. The molecule has 1 unspecified atom stereocenters. The molecular formula is C27H24ClF3N2O6S. The quantitative estimate of drug-likeness (QED) is 0.200. The van der Waals surface area contributed by atoms with Crippen LogP contribution in [-0.2, 0) is 9.84 Å². The number of H-pyrrole nitrogens is 1. The van der Waals surface area contributed by atoms with E-state index in [4.69, 9.17) is 21.1 Å². The predicted octanol–water partition coefficient (Wildman–Crippen LogP) is 6.57. The number of aromatic nitrogens is 1. The number of nitrogens with one attached hydrogen (secondary N) is 2. The predicted molar refractivity (Wildman–Crippen MR) is 144 cm³/mol. The molecule has 40 heavy (non-hydrogen) atoms. The van der Waals surface area contributed by atoms with Crippen LogP contribution < -0.4 is 19.5 Å². The Labute approximate surface area is 232 Å². The zero-order valence-corrected chi connectivity index (χ0v) is 23.0. The number of carbonyl (C=O) groups is 1. The monoisotopic (exact) mass is 596 g/mol. The molecule has 1 atom stereocenters. The molecule has 3 aromatic carbocycles. The van der Waals surface area contributed by atoms with Crippen molar-refractivity contribution in [1.29, 1.82) is 0 Å². The number of sulfone groups is 1. The molecule has 1 heterocycles. The van der Waals surface area contributed by atoms with Crippen LogP contribution in [0, 0.1) is 0 Å². The van der Waals surface area contributed by atoms with E-state index in [9.17, 15) is 26.4 Å². The van der Waals surface area contributed by atoms with Gasteiger partial charge in [0, 0.05) is 45.0 Å². The number of halogens is 4. The van der Waals surface area contributed by atoms with Crippen LogP contribution in [0.2, 0.25) is 5.02 Å². The Balaban J connectivity index is 1.86. The fourth-order valence-electron chi connectivity index (χ4n) is 4.15. The maximum Gasteiger partial charge on any atom is 0.573 e. The van der Waals surface area contributed by atoms with Gasteiger partial charge in [0.2, 0.25) is 0 Å². The summed E-state index contributed by atoms with van der Waals surface area (Å²) in [5.41, 5.74) is 1.04. The zero-order valence-electron chi connectivity index (χ0n) is 21.4. The molecule has 0 aliphatic carbocycles. The molecule has 0 saturated heterocycles. The van der Waals surface area contributed by atoms with Gasteiger partial charge in [0.05, 0.1) is 24.9 Å². The lowest BCUT2D eigenvalue weighted by Gasteiger charge is -2.22. The normalized spacial score (nSPS) is 12.7. The number of fused-ring (bicyclic) bond motifs is 1. The lowest BCUT2D eigenvalue weighted by Crippen LogP contribution is -2.22. The standard InChI is InChI=1S/C27H24ClF3N2O6S/c1-4-40(35,36)19-11-16(10-18(12-19)37-2)33-25(20-7-5-15(28)9-24(20)38-3)26(34)22-14-32-23-8-6-17(13-21(22)23)39-27(29,30)31/h5-14,25,32-33H,4H2,1-3H3. The Morgan fingerprint density at radius 3 is 2.42 bits per heavy atom. The van der Waals surface area contributed by atoms with Gasteiger partial charge in [-0.25, -0.2) is 8.42 Å². The molecule has 212 valence electrons. The number of anilines is 1. The summed E-state index contributed by atoms with van der Waals surface area (Å²) in [5, 5.41) is 3.59. The minimum absolute atomic E-state index is 0.0212. The van der Waals surface area contributed by atoms with Gasteiger partial charge in [0.25, 0.3) is 0 Å². The first-order valence-electron chi connectivity index (χ1n) is 11.8. The van der Waals surface area contributed by atoms with Gasteiger partial charge < -0.3 is 24.5 Å². The van der Waals surface area contributed by atoms with Gasteiger partial charge in [-0.05, 0) is 42.5 Å². The molecule has 0 fully saturated rings. The maximum atomic E-state index is 14.1. The van der Waals surface area contributed by atoms with E-state index in [1.165, 1.54) is 57.7 Å². The molecule has 4 rings (SSSR count). The number of hydrogen-bond donors (Lipinski definition) is 2. The summed E-state index contributed by atoms with van der Waals surface area (Å²) in [5.74, 6) is -0.732. The van der Waals surface area contributed by atoms with Gasteiger partial charge >= 0.3 is 6.36 Å². The second kappa shape index (κ2) is 11.3. The van der Waals surface area contributed by atoms with Crippen molar-refractivity contribution in [1.82, 2.24) is 4.98 Å². The summed E-state index contributed by atoms with van der Waals surface area (Å²) < 4.78 is 78.6. The number of carbonyl (C=O) groups excluding carboxylic acids is 1. The molecule has 4 aromatic rings. The van der Waals surface area contributed by atoms with E-state index in [1.807, 2.05) is 0 Å². The number of hydrogen-bond acceptors (Lipinski definition) is 7. The van der Waals surface area contributed by atoms with Crippen LogP contribution in [0.15, 0.2) is 65.7 Å². The summed E-state index contributed by atoms with van der Waals surface area (Å²) in [6.07, 6.45) is -3.54. The molecule has 0 aliphatic rings. The van der Waals surface area contributed by atoms with Gasteiger partial charge in [-0.15, -0.1) is 13.2 Å². The van der Waals surface area contributed by atoms with Crippen LogP contribution in [0.1, 0.15) is 28.9 Å². The Morgan fingerprint density at radius 2 is 1.77 bits per heavy atom. The van der Waals surface area contributed by atoms with Gasteiger partial charge in [-0.3, -0.25) is 4.79 Å². The molecule has 1 aromatic heterocycles. The van der Waals surface area contributed by atoms with E-state index < -0.39 is 33.8 Å². The lowest BCUT2D eigenvalue weighted by atomic mass is 9.95. The first kappa shape index (κ1) is 29.1. The average molecular weight is 597 g/mol. The fraction of sp³-hybridized carbons (Fsp3) is 0.222. The minimum Gasteiger partial charge on any atom is -0.497 e. The number of rotatable bonds is 10. The summed E-state index contributed by atoms with van der Waals surface area (Å²) in [6.45, 7) is 1.50. The van der Waals surface area contributed by atoms with E-state index >= 15 is 0 Å². The molecule has 0 saturated carbocycles. The summed E-state index contributed by atoms with van der Waals surface area (Å²) in [6, 6.07) is 11.3. The molecule has 2 N–H and O–H groups in total. The topological polar surface area (TPSA) is 107 Å². The van der Waals surface area contributed by atoms with Crippen molar-refractivity contribution in [2.24, 2.45) is 0 Å². The average Bonchev–Trinajstić information content (AvgIpc) is 3.33. The number of ketones is 1. The molecule has 0 radical (unpaired) electrons. The first-order valence-corrected chi connectivity index (χ1v) is 13.8. The van der Waals surface area contributed by atoms with Crippen molar-refractivity contribution < 1.29 is 40.6 Å². The Hall–Kier alpha value is -3.90. The van der Waals surface area contributed by atoms with E-state index in [1.54, 1.807) is 12.1 Å². The fourth-order valence-corrected chi connectivity index (χ4v) is 5.25. The van der Waals surface area contributed by atoms with Crippen molar-refractivity contribution in [3.05, 3.63) is 76.9 Å². The van der Waals surface area contributed by atoms with Gasteiger partial charge in [0.1, 0.15) is 23.3 Å². The highest BCUT2D eigenvalue weighted by molar-refractivity contribution is 7.91. The van der Waals surface area contributed by atoms with Crippen molar-refractivity contribution in [2.45, 2.75) is 24.2 Å². The van der Waals surface area contributed by atoms with Crippen LogP contribution in [0.25, 0.3) is 10.9 Å². The molecule has 0 amide bonds. The van der Waals surface area contributed by atoms with Crippen LogP contribution >= 0.6 is 11.6 Å². The number of Topliss-reactive ketones (excluding diaryl/α,β-unsaturated/α-hetero) is 1. The smallest absolute Gasteiger partial charge is 0.497 e. The van der Waals surface area contributed by atoms with Crippen molar-refractivity contribution in [3.8, 4) is 17.2 Å². The van der Waals surface area contributed by atoms with E-state index in [2.05, 4.69) is 15.0 Å². The number of ether oxygens (including phenoxy) is 3.